The third-order valence-corrected chi connectivity index (χ3v) is 7.33. The zero-order valence-electron chi connectivity index (χ0n) is 17.1. The number of fused-ring (bicyclic) bond motifs is 1. The quantitative estimate of drug-likeness (QED) is 0.761. The maximum absolute atomic E-state index is 12.6. The van der Waals surface area contributed by atoms with Gasteiger partial charge in [0.2, 0.25) is 15.9 Å². The maximum Gasteiger partial charge on any atom is 0.240 e. The van der Waals surface area contributed by atoms with Crippen LogP contribution >= 0.6 is 0 Å². The van der Waals surface area contributed by atoms with Crippen molar-refractivity contribution in [2.24, 2.45) is 0 Å². The van der Waals surface area contributed by atoms with Crippen LogP contribution in [0.5, 0.6) is 0 Å². The van der Waals surface area contributed by atoms with Crippen LogP contribution in [0, 0.1) is 0 Å². The van der Waals surface area contributed by atoms with E-state index in [0.717, 1.165) is 50.2 Å². The average Bonchev–Trinajstić information content (AvgIpc) is 2.79. The summed E-state index contributed by atoms with van der Waals surface area (Å²) in [5, 5.41) is 0. The maximum atomic E-state index is 12.6. The van der Waals surface area contributed by atoms with Gasteiger partial charge in [-0.1, -0.05) is 12.1 Å². The Morgan fingerprint density at radius 2 is 1.77 bits per heavy atom. The van der Waals surface area contributed by atoms with Crippen LogP contribution in [-0.2, 0) is 27.7 Å². The second-order valence-corrected chi connectivity index (χ2v) is 9.61. The van der Waals surface area contributed by atoms with Crippen molar-refractivity contribution >= 4 is 21.7 Å². The molecule has 1 aliphatic heterocycles. The van der Waals surface area contributed by atoms with E-state index in [2.05, 4.69) is 14.6 Å². The Morgan fingerprint density at radius 3 is 2.50 bits per heavy atom. The third kappa shape index (κ3) is 4.82. The van der Waals surface area contributed by atoms with E-state index in [4.69, 9.17) is 0 Å². The topological polar surface area (TPSA) is 82.6 Å². The minimum atomic E-state index is -3.60. The fraction of sp³-hybridized carbons (Fsp3) is 0.455. The van der Waals surface area contributed by atoms with Gasteiger partial charge in [0.25, 0.3) is 0 Å². The van der Waals surface area contributed by atoms with Gasteiger partial charge in [-0.05, 0) is 61.1 Å². The number of piperazine rings is 1. The molecular formula is C22H28N4O3S. The highest BCUT2D eigenvalue weighted by molar-refractivity contribution is 7.89. The summed E-state index contributed by atoms with van der Waals surface area (Å²) >= 11 is 0. The first-order valence-corrected chi connectivity index (χ1v) is 12.1. The summed E-state index contributed by atoms with van der Waals surface area (Å²) in [4.78, 5) is 21.1. The molecule has 0 atom stereocenters. The van der Waals surface area contributed by atoms with Crippen LogP contribution in [0.1, 0.15) is 30.4 Å². The molecule has 1 aromatic heterocycles. The number of benzene rings is 1. The number of nitrogens with one attached hydrogen (secondary N) is 1. The number of aromatic nitrogens is 1. The zero-order chi connectivity index (χ0) is 21.0. The molecule has 1 saturated heterocycles. The van der Waals surface area contributed by atoms with Gasteiger partial charge in [-0.3, -0.25) is 4.79 Å². The fourth-order valence-corrected chi connectivity index (χ4v) is 5.22. The van der Waals surface area contributed by atoms with Crippen molar-refractivity contribution in [3.8, 4) is 0 Å². The number of anilines is 1. The molecule has 1 fully saturated rings. The first-order valence-electron chi connectivity index (χ1n) is 10.6. The molecule has 0 saturated carbocycles. The van der Waals surface area contributed by atoms with E-state index in [-0.39, 0.29) is 18.9 Å². The number of amides is 1. The minimum Gasteiger partial charge on any atom is -0.353 e. The molecule has 0 unspecified atom stereocenters. The molecule has 1 N–H and O–H groups in total. The predicted octanol–water partition coefficient (Wildman–Crippen LogP) is 1.98. The van der Waals surface area contributed by atoms with Gasteiger partial charge >= 0.3 is 0 Å². The molecule has 2 aromatic rings. The lowest BCUT2D eigenvalue weighted by molar-refractivity contribution is -0.131. The second-order valence-electron chi connectivity index (χ2n) is 7.84. The number of aryl methyl sites for hydroxylation is 2. The van der Waals surface area contributed by atoms with Crippen LogP contribution in [0.25, 0.3) is 0 Å². The Kier molecular flexibility index (Phi) is 6.34. The molecule has 7 nitrogen and oxygen atoms in total. The van der Waals surface area contributed by atoms with Crippen LogP contribution in [0.2, 0.25) is 0 Å². The summed E-state index contributed by atoms with van der Waals surface area (Å²) < 4.78 is 27.8. The van der Waals surface area contributed by atoms with E-state index in [0.29, 0.717) is 18.0 Å². The number of carbonyl (C=O) groups is 1. The normalized spacial score (nSPS) is 16.9. The molecule has 0 radical (unpaired) electrons. The van der Waals surface area contributed by atoms with Gasteiger partial charge in [0.1, 0.15) is 5.82 Å². The van der Waals surface area contributed by atoms with Gasteiger partial charge in [0.05, 0.1) is 4.90 Å². The summed E-state index contributed by atoms with van der Waals surface area (Å²) in [6.07, 6.45) is 6.14. The second kappa shape index (κ2) is 9.14. The van der Waals surface area contributed by atoms with Crippen molar-refractivity contribution in [3.63, 3.8) is 0 Å². The van der Waals surface area contributed by atoms with E-state index in [9.17, 15) is 13.2 Å². The highest BCUT2D eigenvalue weighted by atomic mass is 32.2. The molecule has 8 heteroatoms. The Morgan fingerprint density at radius 1 is 1.00 bits per heavy atom. The first kappa shape index (κ1) is 20.8. The summed E-state index contributed by atoms with van der Waals surface area (Å²) in [7, 11) is -3.60. The van der Waals surface area contributed by atoms with Crippen molar-refractivity contribution in [2.45, 2.75) is 37.0 Å². The largest absolute Gasteiger partial charge is 0.353 e. The van der Waals surface area contributed by atoms with Crippen LogP contribution in [0.15, 0.2) is 47.5 Å². The monoisotopic (exact) mass is 428 g/mol. The lowest BCUT2D eigenvalue weighted by Crippen LogP contribution is -2.49. The van der Waals surface area contributed by atoms with Crippen molar-refractivity contribution in [1.29, 1.82) is 0 Å². The molecule has 2 heterocycles. The Balaban J connectivity index is 1.26. The van der Waals surface area contributed by atoms with Gasteiger partial charge in [0, 0.05) is 45.3 Å². The number of pyridine rings is 1. The first-order chi connectivity index (χ1) is 14.5. The molecule has 2 aliphatic rings. The molecular weight excluding hydrogens is 400 g/mol. The summed E-state index contributed by atoms with van der Waals surface area (Å²) in [5.41, 5.74) is 2.38. The summed E-state index contributed by atoms with van der Waals surface area (Å²) in [6.45, 7) is 2.80. The van der Waals surface area contributed by atoms with Crippen molar-refractivity contribution in [1.82, 2.24) is 14.6 Å². The highest BCUT2D eigenvalue weighted by Crippen LogP contribution is 2.24. The fourth-order valence-electron chi connectivity index (χ4n) is 4.14. The van der Waals surface area contributed by atoms with Crippen LogP contribution in [0.4, 0.5) is 5.82 Å². The van der Waals surface area contributed by atoms with Gasteiger partial charge in [-0.2, -0.15) is 0 Å². The predicted molar refractivity (Wildman–Crippen MR) is 116 cm³/mol. The van der Waals surface area contributed by atoms with Gasteiger partial charge in [0.15, 0.2) is 0 Å². The Hall–Kier alpha value is -2.45. The van der Waals surface area contributed by atoms with E-state index in [1.54, 1.807) is 23.2 Å². The number of carbonyl (C=O) groups excluding carboxylic acids is 1. The van der Waals surface area contributed by atoms with Crippen LogP contribution in [0.3, 0.4) is 0 Å². The highest BCUT2D eigenvalue weighted by Gasteiger charge is 2.23. The molecule has 0 spiro atoms. The lowest BCUT2D eigenvalue weighted by atomic mass is 9.92. The molecule has 1 aliphatic carbocycles. The van der Waals surface area contributed by atoms with E-state index < -0.39 is 10.0 Å². The number of rotatable bonds is 6. The van der Waals surface area contributed by atoms with Crippen molar-refractivity contribution < 1.29 is 13.2 Å². The number of hydrogen-bond donors (Lipinski definition) is 1. The third-order valence-electron chi connectivity index (χ3n) is 5.87. The number of nitrogens with zero attached hydrogens (tertiary/aromatic N) is 3. The lowest BCUT2D eigenvalue weighted by Gasteiger charge is -2.35. The zero-order valence-corrected chi connectivity index (χ0v) is 17.9. The van der Waals surface area contributed by atoms with Crippen LogP contribution in [-0.4, -0.2) is 56.9 Å². The molecule has 0 bridgehead atoms. The van der Waals surface area contributed by atoms with Crippen LogP contribution < -0.4 is 9.62 Å². The van der Waals surface area contributed by atoms with Gasteiger partial charge in [-0.15, -0.1) is 0 Å². The standard InChI is InChI=1S/C22H28N4O3S/c27-22(26-15-13-25(14-16-26)21-7-3-4-11-23-21)10-12-24-30(28,29)20-9-8-18-5-1-2-6-19(18)17-20/h3-4,7-9,11,17,24H,1-2,5-6,10,12-16H2. The van der Waals surface area contributed by atoms with E-state index >= 15 is 0 Å². The summed E-state index contributed by atoms with van der Waals surface area (Å²) in [5.74, 6) is 0.895. The van der Waals surface area contributed by atoms with Crippen molar-refractivity contribution in [3.05, 3.63) is 53.7 Å². The molecule has 1 aromatic carbocycles. The average molecular weight is 429 g/mol. The molecule has 160 valence electrons. The molecule has 4 rings (SSSR count). The van der Waals surface area contributed by atoms with E-state index in [1.807, 2.05) is 24.3 Å². The Bertz CT molecular complexity index is 987. The van der Waals surface area contributed by atoms with Gasteiger partial charge in [-0.25, -0.2) is 18.1 Å². The smallest absolute Gasteiger partial charge is 0.240 e. The molecule has 1 amide bonds. The van der Waals surface area contributed by atoms with Crippen molar-refractivity contribution in [2.75, 3.05) is 37.6 Å². The number of sulfonamides is 1. The van der Waals surface area contributed by atoms with E-state index in [1.165, 1.54) is 5.56 Å². The molecule has 30 heavy (non-hydrogen) atoms. The SMILES string of the molecule is O=C(CCNS(=O)(=O)c1ccc2c(c1)CCCC2)N1CCN(c2ccccn2)CC1. The summed E-state index contributed by atoms with van der Waals surface area (Å²) in [6, 6.07) is 11.2. The van der Waals surface area contributed by atoms with Gasteiger partial charge < -0.3 is 9.80 Å². The Labute approximate surface area is 178 Å². The minimum absolute atomic E-state index is 0.0242. The number of hydrogen-bond acceptors (Lipinski definition) is 5.